The van der Waals surface area contributed by atoms with Gasteiger partial charge in [0, 0.05) is 57.2 Å². The molecule has 4 aliphatic rings. The number of ether oxygens (including phenoxy) is 1. The highest BCUT2D eigenvalue weighted by atomic mass is 127. The van der Waals surface area contributed by atoms with Crippen molar-refractivity contribution in [2.24, 2.45) is 16.8 Å². The van der Waals surface area contributed by atoms with Crippen molar-refractivity contribution in [3.8, 4) is 0 Å². The summed E-state index contributed by atoms with van der Waals surface area (Å²) in [7, 11) is 0. The molecular formula is C23H37IN4O2. The van der Waals surface area contributed by atoms with Gasteiger partial charge in [-0.1, -0.05) is 0 Å². The number of hydrogen-bond donors (Lipinski definition) is 1. The van der Waals surface area contributed by atoms with Crippen molar-refractivity contribution in [2.75, 3.05) is 45.9 Å². The third kappa shape index (κ3) is 5.51. The molecular weight excluding hydrogens is 491 g/mol. The average Bonchev–Trinajstić information content (AvgIpc) is 3.22. The maximum Gasteiger partial charge on any atom is 0.193 e. The molecule has 0 aromatic carbocycles. The number of hydrogen-bond acceptors (Lipinski definition) is 4. The molecule has 168 valence electrons. The highest BCUT2D eigenvalue weighted by molar-refractivity contribution is 14.0. The molecule has 1 aromatic heterocycles. The lowest BCUT2D eigenvalue weighted by molar-refractivity contribution is 0.0369. The molecule has 3 unspecified atom stereocenters. The minimum Gasteiger partial charge on any atom is -0.469 e. The fourth-order valence-electron chi connectivity index (χ4n) is 5.46. The molecule has 4 fully saturated rings. The number of nitrogens with zero attached hydrogens (tertiary/aromatic N) is 3. The van der Waals surface area contributed by atoms with E-state index in [0.29, 0.717) is 5.92 Å². The molecule has 0 bridgehead atoms. The summed E-state index contributed by atoms with van der Waals surface area (Å²) in [6, 6.07) is 5.72. The fraction of sp³-hybridized carbons (Fsp3) is 0.783. The largest absolute Gasteiger partial charge is 0.469 e. The summed E-state index contributed by atoms with van der Waals surface area (Å²) in [5, 5.41) is 3.66. The van der Waals surface area contributed by atoms with Gasteiger partial charge in [0.2, 0.25) is 0 Å². The molecule has 0 radical (unpaired) electrons. The first-order valence-corrected chi connectivity index (χ1v) is 11.8. The summed E-state index contributed by atoms with van der Waals surface area (Å²) in [6.45, 7) is 7.11. The van der Waals surface area contributed by atoms with Gasteiger partial charge in [-0.05, 0) is 63.1 Å². The Labute approximate surface area is 197 Å². The van der Waals surface area contributed by atoms with Crippen molar-refractivity contribution < 1.29 is 9.15 Å². The summed E-state index contributed by atoms with van der Waals surface area (Å²) in [5.41, 5.74) is 0. The first-order chi connectivity index (χ1) is 14.4. The van der Waals surface area contributed by atoms with Crippen molar-refractivity contribution in [2.45, 2.75) is 57.0 Å². The molecule has 5 rings (SSSR count). The van der Waals surface area contributed by atoms with Gasteiger partial charge in [0.15, 0.2) is 5.96 Å². The second kappa shape index (κ2) is 10.7. The molecule has 4 heterocycles. The van der Waals surface area contributed by atoms with Gasteiger partial charge in [0.05, 0.1) is 12.9 Å². The summed E-state index contributed by atoms with van der Waals surface area (Å²) in [6.07, 6.45) is 10.7. The fourth-order valence-corrected chi connectivity index (χ4v) is 5.46. The Bertz CT molecular complexity index is 673. The zero-order valence-corrected chi connectivity index (χ0v) is 20.3. The first kappa shape index (κ1) is 22.4. The Hall–Kier alpha value is -0.800. The number of halogens is 1. The Morgan fingerprint density at radius 2 is 2.10 bits per heavy atom. The third-order valence-electron chi connectivity index (χ3n) is 7.18. The smallest absolute Gasteiger partial charge is 0.193 e. The Morgan fingerprint density at radius 3 is 2.87 bits per heavy atom. The number of piperidine rings is 2. The van der Waals surface area contributed by atoms with Crippen LogP contribution in [0.3, 0.4) is 0 Å². The monoisotopic (exact) mass is 528 g/mol. The number of likely N-dealkylation sites (tertiary alicyclic amines) is 2. The molecule has 6 nitrogen and oxygen atoms in total. The van der Waals surface area contributed by atoms with Gasteiger partial charge in [-0.2, -0.15) is 0 Å². The lowest BCUT2D eigenvalue weighted by Gasteiger charge is -2.48. The normalized spacial score (nSPS) is 30.1. The van der Waals surface area contributed by atoms with Gasteiger partial charge in [-0.25, -0.2) is 0 Å². The average molecular weight is 528 g/mol. The SMILES string of the molecule is I.c1coc(CCNC(=NCC2CCOC2)N2CCC3C(CCCN3C3CC3)C2)c1. The molecule has 0 spiro atoms. The van der Waals surface area contributed by atoms with Crippen LogP contribution in [0, 0.1) is 11.8 Å². The van der Waals surface area contributed by atoms with E-state index in [2.05, 4.69) is 15.1 Å². The van der Waals surface area contributed by atoms with Gasteiger partial charge in [-0.3, -0.25) is 9.89 Å². The highest BCUT2D eigenvalue weighted by Gasteiger charge is 2.42. The predicted molar refractivity (Wildman–Crippen MR) is 129 cm³/mol. The van der Waals surface area contributed by atoms with Crippen LogP contribution in [0.1, 0.15) is 44.3 Å². The van der Waals surface area contributed by atoms with Crippen LogP contribution in [-0.4, -0.2) is 73.8 Å². The van der Waals surface area contributed by atoms with Crippen LogP contribution < -0.4 is 5.32 Å². The van der Waals surface area contributed by atoms with Crippen molar-refractivity contribution in [1.82, 2.24) is 15.1 Å². The molecule has 1 aliphatic carbocycles. The standard InChI is InChI=1S/C23H36N4O2.HI/c1-3-19-16-26(12-8-22(19)27(11-1)20-5-6-20)23(25-15-18-9-14-28-17-18)24-10-7-21-4-2-13-29-21;/h2,4,13,18-20,22H,1,3,5-12,14-17H2,(H,24,25);1H. The van der Waals surface area contributed by atoms with E-state index in [1.807, 2.05) is 12.1 Å². The molecule has 1 saturated carbocycles. The minimum atomic E-state index is 0. The van der Waals surface area contributed by atoms with Gasteiger partial charge in [-0.15, -0.1) is 24.0 Å². The number of furan rings is 1. The molecule has 0 amide bonds. The summed E-state index contributed by atoms with van der Waals surface area (Å²) < 4.78 is 11.1. The molecule has 30 heavy (non-hydrogen) atoms. The van der Waals surface area contributed by atoms with Crippen LogP contribution in [0.15, 0.2) is 27.8 Å². The second-order valence-corrected chi connectivity index (χ2v) is 9.32. The topological polar surface area (TPSA) is 53.2 Å². The van der Waals surface area contributed by atoms with Crippen LogP contribution in [0.25, 0.3) is 0 Å². The molecule has 1 N–H and O–H groups in total. The van der Waals surface area contributed by atoms with Crippen LogP contribution in [-0.2, 0) is 11.2 Å². The van der Waals surface area contributed by atoms with Crippen LogP contribution in [0.4, 0.5) is 0 Å². The first-order valence-electron chi connectivity index (χ1n) is 11.8. The highest BCUT2D eigenvalue weighted by Crippen LogP contribution is 2.38. The molecule has 3 atom stereocenters. The summed E-state index contributed by atoms with van der Waals surface area (Å²) in [4.78, 5) is 10.4. The molecule has 3 aliphatic heterocycles. The summed E-state index contributed by atoms with van der Waals surface area (Å²) >= 11 is 0. The maximum absolute atomic E-state index is 5.55. The van der Waals surface area contributed by atoms with E-state index >= 15 is 0 Å². The Balaban J connectivity index is 0.00000218. The van der Waals surface area contributed by atoms with Crippen molar-refractivity contribution in [1.29, 1.82) is 0 Å². The Morgan fingerprint density at radius 1 is 1.17 bits per heavy atom. The number of rotatable bonds is 6. The van der Waals surface area contributed by atoms with Gasteiger partial charge in [0.25, 0.3) is 0 Å². The molecule has 1 aromatic rings. The molecule has 7 heteroatoms. The maximum atomic E-state index is 5.55. The second-order valence-electron chi connectivity index (χ2n) is 9.32. The van der Waals surface area contributed by atoms with Gasteiger partial charge in [0.1, 0.15) is 5.76 Å². The van der Waals surface area contributed by atoms with Crippen LogP contribution >= 0.6 is 24.0 Å². The van der Waals surface area contributed by atoms with E-state index in [-0.39, 0.29) is 24.0 Å². The van der Waals surface area contributed by atoms with E-state index in [1.165, 1.54) is 38.6 Å². The van der Waals surface area contributed by atoms with Crippen molar-refractivity contribution in [3.63, 3.8) is 0 Å². The third-order valence-corrected chi connectivity index (χ3v) is 7.18. The lowest BCUT2D eigenvalue weighted by atomic mass is 9.83. The van der Waals surface area contributed by atoms with E-state index in [0.717, 1.165) is 82.0 Å². The lowest BCUT2D eigenvalue weighted by Crippen LogP contribution is -2.57. The van der Waals surface area contributed by atoms with Gasteiger partial charge >= 0.3 is 0 Å². The molecule has 3 saturated heterocycles. The van der Waals surface area contributed by atoms with E-state index in [4.69, 9.17) is 14.1 Å². The van der Waals surface area contributed by atoms with E-state index in [9.17, 15) is 0 Å². The van der Waals surface area contributed by atoms with E-state index in [1.54, 1.807) is 6.26 Å². The number of guanidine groups is 1. The number of fused-ring (bicyclic) bond motifs is 1. The van der Waals surface area contributed by atoms with Crippen molar-refractivity contribution >= 4 is 29.9 Å². The van der Waals surface area contributed by atoms with E-state index < -0.39 is 0 Å². The zero-order chi connectivity index (χ0) is 19.5. The number of nitrogens with one attached hydrogen (secondary N) is 1. The van der Waals surface area contributed by atoms with Crippen LogP contribution in [0.5, 0.6) is 0 Å². The quantitative estimate of drug-likeness (QED) is 0.349. The Kier molecular flexibility index (Phi) is 7.97. The number of aliphatic imine (C=N–C) groups is 1. The minimum absolute atomic E-state index is 0. The van der Waals surface area contributed by atoms with Crippen molar-refractivity contribution in [3.05, 3.63) is 24.2 Å². The van der Waals surface area contributed by atoms with Gasteiger partial charge < -0.3 is 19.4 Å². The zero-order valence-electron chi connectivity index (χ0n) is 18.0. The summed E-state index contributed by atoms with van der Waals surface area (Å²) in [5.74, 6) is 3.51. The van der Waals surface area contributed by atoms with Crippen LogP contribution in [0.2, 0.25) is 0 Å². The predicted octanol–water partition coefficient (Wildman–Crippen LogP) is 3.37.